The standard InChI is InChI=1S/C31H37N3O/c1-3-34(4-2)31(35)27-16-14-25(15-17-27)30(26-19-21-32-22-20-26)28-12-8-9-13-29(28)33-23-18-24-10-6-5-7-11-24/h5-17,32-33H,3-4,18-23H2,1-2H3. The highest BCUT2D eigenvalue weighted by atomic mass is 16.2. The summed E-state index contributed by atoms with van der Waals surface area (Å²) >= 11 is 0. The maximum Gasteiger partial charge on any atom is 0.253 e. The van der Waals surface area contributed by atoms with E-state index in [1.54, 1.807) is 0 Å². The molecule has 0 aliphatic carbocycles. The molecule has 0 bridgehead atoms. The SMILES string of the molecule is CCN(CC)C(=O)c1ccc(C(=C2CCNCC2)c2ccccc2NCCc2ccccc2)cc1. The van der Waals surface area contributed by atoms with Crippen molar-refractivity contribution in [3.05, 3.63) is 107 Å². The number of carbonyl (C=O) groups excluding carboxylic acids is 1. The van der Waals surface area contributed by atoms with Crippen molar-refractivity contribution in [2.75, 3.05) is 38.0 Å². The summed E-state index contributed by atoms with van der Waals surface area (Å²) in [6.07, 6.45) is 3.05. The zero-order valence-electron chi connectivity index (χ0n) is 21.0. The van der Waals surface area contributed by atoms with Gasteiger partial charge in [0.1, 0.15) is 0 Å². The molecule has 35 heavy (non-hydrogen) atoms. The molecule has 0 radical (unpaired) electrons. The number of carbonyl (C=O) groups is 1. The van der Waals surface area contributed by atoms with Gasteiger partial charge in [-0.15, -0.1) is 0 Å². The number of anilines is 1. The number of piperidine rings is 1. The molecule has 1 aliphatic rings. The summed E-state index contributed by atoms with van der Waals surface area (Å²) in [5.74, 6) is 0.0978. The third kappa shape index (κ3) is 6.20. The number of nitrogens with one attached hydrogen (secondary N) is 2. The first-order chi connectivity index (χ1) is 17.2. The number of para-hydroxylation sites is 1. The van der Waals surface area contributed by atoms with Crippen LogP contribution in [0.15, 0.2) is 84.4 Å². The van der Waals surface area contributed by atoms with E-state index in [1.165, 1.54) is 27.8 Å². The zero-order valence-corrected chi connectivity index (χ0v) is 21.0. The van der Waals surface area contributed by atoms with E-state index in [0.29, 0.717) is 0 Å². The molecule has 1 saturated heterocycles. The summed E-state index contributed by atoms with van der Waals surface area (Å²) < 4.78 is 0. The first-order valence-electron chi connectivity index (χ1n) is 12.9. The van der Waals surface area contributed by atoms with Gasteiger partial charge in [-0.3, -0.25) is 4.79 Å². The van der Waals surface area contributed by atoms with E-state index < -0.39 is 0 Å². The van der Waals surface area contributed by atoms with Crippen LogP contribution < -0.4 is 10.6 Å². The quantitative estimate of drug-likeness (QED) is 0.405. The van der Waals surface area contributed by atoms with E-state index in [0.717, 1.165) is 63.2 Å². The molecule has 3 aromatic carbocycles. The molecule has 0 aromatic heterocycles. The van der Waals surface area contributed by atoms with Crippen molar-refractivity contribution < 1.29 is 4.79 Å². The molecule has 1 amide bonds. The van der Waals surface area contributed by atoms with Crippen molar-refractivity contribution in [2.45, 2.75) is 33.1 Å². The monoisotopic (exact) mass is 467 g/mol. The van der Waals surface area contributed by atoms with Crippen LogP contribution in [0, 0.1) is 0 Å². The molecule has 2 N–H and O–H groups in total. The number of hydrogen-bond donors (Lipinski definition) is 2. The summed E-state index contributed by atoms with van der Waals surface area (Å²) in [6, 6.07) is 27.5. The van der Waals surface area contributed by atoms with Crippen molar-refractivity contribution in [3.8, 4) is 0 Å². The Hall–Kier alpha value is -3.37. The predicted molar refractivity (Wildman–Crippen MR) is 147 cm³/mol. The minimum atomic E-state index is 0.0978. The topological polar surface area (TPSA) is 44.4 Å². The summed E-state index contributed by atoms with van der Waals surface area (Å²) in [5, 5.41) is 7.19. The largest absolute Gasteiger partial charge is 0.384 e. The number of rotatable bonds is 9. The molecule has 1 fully saturated rings. The van der Waals surface area contributed by atoms with E-state index in [4.69, 9.17) is 0 Å². The molecular formula is C31H37N3O. The van der Waals surface area contributed by atoms with Crippen LogP contribution in [0.25, 0.3) is 5.57 Å². The fraction of sp³-hybridized carbons (Fsp3) is 0.323. The first kappa shape index (κ1) is 24.7. The average molecular weight is 468 g/mol. The van der Waals surface area contributed by atoms with Crippen LogP contribution in [0.4, 0.5) is 5.69 Å². The average Bonchev–Trinajstić information content (AvgIpc) is 2.92. The fourth-order valence-corrected chi connectivity index (χ4v) is 4.84. The fourth-order valence-electron chi connectivity index (χ4n) is 4.84. The van der Waals surface area contributed by atoms with E-state index in [1.807, 2.05) is 30.9 Å². The van der Waals surface area contributed by atoms with Crippen molar-refractivity contribution in [2.24, 2.45) is 0 Å². The van der Waals surface area contributed by atoms with Crippen molar-refractivity contribution in [1.82, 2.24) is 10.2 Å². The highest BCUT2D eigenvalue weighted by Gasteiger charge is 2.18. The summed E-state index contributed by atoms with van der Waals surface area (Å²) in [6.45, 7) is 8.38. The Balaban J connectivity index is 1.64. The van der Waals surface area contributed by atoms with Crippen LogP contribution in [0.1, 0.15) is 53.7 Å². The molecule has 1 aliphatic heterocycles. The Labute approximate surface area is 210 Å². The van der Waals surface area contributed by atoms with Gasteiger partial charge >= 0.3 is 0 Å². The minimum absolute atomic E-state index is 0.0978. The van der Waals surface area contributed by atoms with Gasteiger partial charge in [-0.25, -0.2) is 0 Å². The van der Waals surface area contributed by atoms with E-state index >= 15 is 0 Å². The van der Waals surface area contributed by atoms with Gasteiger partial charge in [0.15, 0.2) is 0 Å². The summed E-state index contributed by atoms with van der Waals surface area (Å²) in [5.41, 5.74) is 8.44. The molecule has 0 atom stereocenters. The van der Waals surface area contributed by atoms with Crippen LogP contribution in [0.2, 0.25) is 0 Å². The molecule has 0 spiro atoms. The van der Waals surface area contributed by atoms with Gasteiger partial charge in [-0.05, 0) is 81.1 Å². The van der Waals surface area contributed by atoms with Crippen molar-refractivity contribution >= 4 is 17.2 Å². The van der Waals surface area contributed by atoms with E-state index in [2.05, 4.69) is 77.4 Å². The summed E-state index contributed by atoms with van der Waals surface area (Å²) in [4.78, 5) is 14.7. The Morgan fingerprint density at radius 3 is 2.14 bits per heavy atom. The smallest absolute Gasteiger partial charge is 0.253 e. The lowest BCUT2D eigenvalue weighted by Gasteiger charge is -2.24. The van der Waals surface area contributed by atoms with Crippen LogP contribution >= 0.6 is 0 Å². The van der Waals surface area contributed by atoms with Crippen molar-refractivity contribution in [1.29, 1.82) is 0 Å². The van der Waals surface area contributed by atoms with Gasteiger partial charge in [-0.1, -0.05) is 66.2 Å². The Morgan fingerprint density at radius 1 is 0.829 bits per heavy atom. The zero-order chi connectivity index (χ0) is 24.5. The molecule has 182 valence electrons. The highest BCUT2D eigenvalue weighted by molar-refractivity contribution is 5.95. The minimum Gasteiger partial charge on any atom is -0.384 e. The predicted octanol–water partition coefficient (Wildman–Crippen LogP) is 6.01. The maximum atomic E-state index is 12.8. The molecular weight excluding hydrogens is 430 g/mol. The second kappa shape index (κ2) is 12.4. The van der Waals surface area contributed by atoms with Crippen LogP contribution in [-0.2, 0) is 6.42 Å². The lowest BCUT2D eigenvalue weighted by molar-refractivity contribution is 0.0773. The maximum absolute atomic E-state index is 12.8. The van der Waals surface area contributed by atoms with Gasteiger partial charge in [-0.2, -0.15) is 0 Å². The number of amides is 1. The Morgan fingerprint density at radius 2 is 1.46 bits per heavy atom. The first-order valence-corrected chi connectivity index (χ1v) is 12.9. The van der Waals surface area contributed by atoms with Crippen LogP contribution in [-0.4, -0.2) is 43.5 Å². The number of hydrogen-bond acceptors (Lipinski definition) is 3. The van der Waals surface area contributed by atoms with Gasteiger partial charge in [0.25, 0.3) is 5.91 Å². The molecule has 1 heterocycles. The van der Waals surface area contributed by atoms with Crippen molar-refractivity contribution in [3.63, 3.8) is 0 Å². The van der Waals surface area contributed by atoms with Gasteiger partial charge in [0.05, 0.1) is 0 Å². The molecule has 0 unspecified atom stereocenters. The van der Waals surface area contributed by atoms with Crippen LogP contribution in [0.3, 0.4) is 0 Å². The molecule has 4 rings (SSSR count). The number of benzene rings is 3. The lowest BCUT2D eigenvalue weighted by atomic mass is 9.87. The van der Waals surface area contributed by atoms with Gasteiger partial charge < -0.3 is 15.5 Å². The van der Waals surface area contributed by atoms with E-state index in [-0.39, 0.29) is 5.91 Å². The third-order valence-corrected chi connectivity index (χ3v) is 6.80. The normalized spacial score (nSPS) is 13.4. The van der Waals surface area contributed by atoms with E-state index in [9.17, 15) is 4.79 Å². The van der Waals surface area contributed by atoms with Gasteiger partial charge in [0.2, 0.25) is 0 Å². The Kier molecular flexibility index (Phi) is 8.74. The second-order valence-corrected chi connectivity index (χ2v) is 8.99. The highest BCUT2D eigenvalue weighted by Crippen LogP contribution is 2.35. The molecule has 0 saturated carbocycles. The molecule has 4 heteroatoms. The third-order valence-electron chi connectivity index (χ3n) is 6.80. The van der Waals surface area contributed by atoms with Gasteiger partial charge in [0, 0.05) is 36.4 Å². The molecule has 4 nitrogen and oxygen atoms in total. The van der Waals surface area contributed by atoms with Crippen LogP contribution in [0.5, 0.6) is 0 Å². The number of nitrogens with zero attached hydrogens (tertiary/aromatic N) is 1. The summed E-state index contributed by atoms with van der Waals surface area (Å²) in [7, 11) is 0. The Bertz CT molecular complexity index is 1120. The lowest BCUT2D eigenvalue weighted by Crippen LogP contribution is -2.30. The molecule has 3 aromatic rings. The second-order valence-electron chi connectivity index (χ2n) is 8.99.